The third kappa shape index (κ3) is 3.22. The molecule has 0 aliphatic carbocycles. The first-order valence-corrected chi connectivity index (χ1v) is 5.46. The minimum absolute atomic E-state index is 0.137. The monoisotopic (exact) mass is 230 g/mol. The second-order valence-electron chi connectivity index (χ2n) is 3.76. The number of pyridine rings is 1. The molecular formula is C12H14N4O. The molecule has 2 heterocycles. The predicted molar refractivity (Wildman–Crippen MR) is 64.7 cm³/mol. The van der Waals surface area contributed by atoms with Crippen LogP contribution in [-0.2, 0) is 12.8 Å². The maximum Gasteiger partial charge on any atom is 0.251 e. The molecule has 0 aliphatic heterocycles. The van der Waals surface area contributed by atoms with Gasteiger partial charge in [-0.05, 0) is 18.2 Å². The van der Waals surface area contributed by atoms with E-state index in [-0.39, 0.29) is 5.56 Å². The van der Waals surface area contributed by atoms with Gasteiger partial charge in [-0.25, -0.2) is 4.98 Å². The first-order chi connectivity index (χ1) is 8.28. The molecule has 2 rings (SSSR count). The summed E-state index contributed by atoms with van der Waals surface area (Å²) in [6.45, 7) is 0.489. The predicted octanol–water partition coefficient (Wildman–Crippen LogP) is 0.257. The van der Waals surface area contributed by atoms with E-state index < -0.39 is 0 Å². The Balaban J connectivity index is 2.24. The number of hydrogen-bond acceptors (Lipinski definition) is 4. The average Bonchev–Trinajstić information content (AvgIpc) is 2.30. The molecule has 0 unspecified atom stereocenters. The third-order valence-corrected chi connectivity index (χ3v) is 2.34. The number of aromatic nitrogens is 3. The number of rotatable bonds is 4. The zero-order chi connectivity index (χ0) is 12.1. The second kappa shape index (κ2) is 5.36. The number of H-pyrrole nitrogens is 1. The van der Waals surface area contributed by atoms with Gasteiger partial charge in [0.1, 0.15) is 5.82 Å². The molecule has 0 bridgehead atoms. The van der Waals surface area contributed by atoms with Crippen molar-refractivity contribution >= 4 is 0 Å². The number of nitrogens with zero attached hydrogens (tertiary/aromatic N) is 2. The van der Waals surface area contributed by atoms with E-state index in [2.05, 4.69) is 15.0 Å². The maximum atomic E-state index is 11.4. The van der Waals surface area contributed by atoms with Crippen LogP contribution in [0.15, 0.2) is 35.4 Å². The van der Waals surface area contributed by atoms with E-state index in [1.54, 1.807) is 12.4 Å². The highest BCUT2D eigenvalue weighted by atomic mass is 16.1. The largest absolute Gasteiger partial charge is 0.330 e. The fourth-order valence-corrected chi connectivity index (χ4v) is 1.62. The molecule has 0 radical (unpaired) electrons. The number of nitrogens with one attached hydrogen (secondary N) is 1. The van der Waals surface area contributed by atoms with Crippen LogP contribution in [0.3, 0.4) is 0 Å². The lowest BCUT2D eigenvalue weighted by atomic mass is 10.2. The SMILES string of the molecule is NCCc1cc(=O)[nH]c(Cc2cccnc2)n1. The average molecular weight is 230 g/mol. The normalized spacial score (nSPS) is 10.4. The molecule has 0 saturated heterocycles. The quantitative estimate of drug-likeness (QED) is 0.788. The highest BCUT2D eigenvalue weighted by molar-refractivity contribution is 5.15. The van der Waals surface area contributed by atoms with Gasteiger partial charge in [0.25, 0.3) is 5.56 Å². The Hall–Kier alpha value is -2.01. The summed E-state index contributed by atoms with van der Waals surface area (Å²) >= 11 is 0. The van der Waals surface area contributed by atoms with Gasteiger partial charge in [0, 0.05) is 37.0 Å². The van der Waals surface area contributed by atoms with Crippen molar-refractivity contribution < 1.29 is 0 Å². The number of nitrogens with two attached hydrogens (primary N) is 1. The highest BCUT2D eigenvalue weighted by Crippen LogP contribution is 2.02. The maximum absolute atomic E-state index is 11.4. The summed E-state index contributed by atoms with van der Waals surface area (Å²) < 4.78 is 0. The standard InChI is InChI=1S/C12H14N4O/c13-4-3-10-7-12(17)16-11(15-10)6-9-2-1-5-14-8-9/h1-2,5,7-8H,3-4,6,13H2,(H,15,16,17). The lowest BCUT2D eigenvalue weighted by Gasteiger charge is -2.03. The molecular weight excluding hydrogens is 216 g/mol. The molecule has 0 atom stereocenters. The smallest absolute Gasteiger partial charge is 0.251 e. The summed E-state index contributed by atoms with van der Waals surface area (Å²) in [4.78, 5) is 22.5. The Bertz CT molecular complexity index is 536. The Morgan fingerprint density at radius 2 is 2.29 bits per heavy atom. The van der Waals surface area contributed by atoms with Crippen LogP contribution in [0.25, 0.3) is 0 Å². The summed E-state index contributed by atoms with van der Waals surface area (Å²) in [5, 5.41) is 0. The van der Waals surface area contributed by atoms with Crippen LogP contribution in [0.4, 0.5) is 0 Å². The molecule has 5 heteroatoms. The zero-order valence-electron chi connectivity index (χ0n) is 9.39. The molecule has 2 aromatic heterocycles. The van der Waals surface area contributed by atoms with E-state index in [0.29, 0.717) is 25.2 Å². The summed E-state index contributed by atoms with van der Waals surface area (Å²) in [6, 6.07) is 5.29. The first kappa shape index (κ1) is 11.5. The van der Waals surface area contributed by atoms with Crippen LogP contribution in [0.2, 0.25) is 0 Å². The summed E-state index contributed by atoms with van der Waals surface area (Å²) in [6.07, 6.45) is 4.66. The van der Waals surface area contributed by atoms with Gasteiger partial charge < -0.3 is 10.7 Å². The molecule has 17 heavy (non-hydrogen) atoms. The fraction of sp³-hybridized carbons (Fsp3) is 0.250. The van der Waals surface area contributed by atoms with E-state index in [1.165, 1.54) is 6.07 Å². The van der Waals surface area contributed by atoms with Crippen molar-refractivity contribution in [1.82, 2.24) is 15.0 Å². The van der Waals surface area contributed by atoms with Gasteiger partial charge in [-0.3, -0.25) is 9.78 Å². The van der Waals surface area contributed by atoms with Crippen molar-refractivity contribution in [2.45, 2.75) is 12.8 Å². The molecule has 0 saturated carbocycles. The number of hydrogen-bond donors (Lipinski definition) is 2. The Kier molecular flexibility index (Phi) is 3.62. The Labute approximate surface area is 98.7 Å². The van der Waals surface area contributed by atoms with Gasteiger partial charge in [-0.2, -0.15) is 0 Å². The Morgan fingerprint density at radius 1 is 1.41 bits per heavy atom. The van der Waals surface area contributed by atoms with E-state index in [1.807, 2.05) is 12.1 Å². The lowest BCUT2D eigenvalue weighted by molar-refractivity contribution is 0.853. The second-order valence-corrected chi connectivity index (χ2v) is 3.76. The molecule has 0 fully saturated rings. The summed E-state index contributed by atoms with van der Waals surface area (Å²) in [7, 11) is 0. The van der Waals surface area contributed by atoms with Gasteiger partial charge >= 0.3 is 0 Å². The van der Waals surface area contributed by atoms with Crippen LogP contribution in [0.1, 0.15) is 17.1 Å². The van der Waals surface area contributed by atoms with Gasteiger partial charge in [-0.1, -0.05) is 6.07 Å². The lowest BCUT2D eigenvalue weighted by Crippen LogP contribution is -2.15. The summed E-state index contributed by atoms with van der Waals surface area (Å²) in [5.74, 6) is 0.647. The van der Waals surface area contributed by atoms with E-state index in [9.17, 15) is 4.79 Å². The van der Waals surface area contributed by atoms with E-state index in [4.69, 9.17) is 5.73 Å². The van der Waals surface area contributed by atoms with Crippen LogP contribution in [-0.4, -0.2) is 21.5 Å². The van der Waals surface area contributed by atoms with Crippen LogP contribution in [0.5, 0.6) is 0 Å². The van der Waals surface area contributed by atoms with Gasteiger partial charge in [-0.15, -0.1) is 0 Å². The minimum Gasteiger partial charge on any atom is -0.330 e. The van der Waals surface area contributed by atoms with Crippen molar-refractivity contribution in [3.8, 4) is 0 Å². The minimum atomic E-state index is -0.137. The fourth-order valence-electron chi connectivity index (χ4n) is 1.62. The third-order valence-electron chi connectivity index (χ3n) is 2.34. The highest BCUT2D eigenvalue weighted by Gasteiger charge is 2.02. The topological polar surface area (TPSA) is 84.7 Å². The van der Waals surface area contributed by atoms with Crippen molar-refractivity contribution in [1.29, 1.82) is 0 Å². The van der Waals surface area contributed by atoms with E-state index >= 15 is 0 Å². The molecule has 2 aromatic rings. The molecule has 0 amide bonds. The molecule has 3 N–H and O–H groups in total. The van der Waals surface area contributed by atoms with Crippen molar-refractivity contribution in [3.63, 3.8) is 0 Å². The summed E-state index contributed by atoms with van der Waals surface area (Å²) in [5.41, 5.74) is 7.06. The molecule has 0 aromatic carbocycles. The Morgan fingerprint density at radius 3 is 3.00 bits per heavy atom. The van der Waals surface area contributed by atoms with Crippen molar-refractivity contribution in [3.05, 3.63) is 58.0 Å². The van der Waals surface area contributed by atoms with Crippen molar-refractivity contribution in [2.75, 3.05) is 6.54 Å². The van der Waals surface area contributed by atoms with E-state index in [0.717, 1.165) is 11.3 Å². The molecule has 0 aliphatic rings. The van der Waals surface area contributed by atoms with Gasteiger partial charge in [0.05, 0.1) is 0 Å². The van der Waals surface area contributed by atoms with Crippen molar-refractivity contribution in [2.24, 2.45) is 5.73 Å². The first-order valence-electron chi connectivity index (χ1n) is 5.46. The van der Waals surface area contributed by atoms with Gasteiger partial charge in [0.2, 0.25) is 0 Å². The van der Waals surface area contributed by atoms with Gasteiger partial charge in [0.15, 0.2) is 0 Å². The van der Waals surface area contributed by atoms with Crippen LogP contribution >= 0.6 is 0 Å². The number of aromatic amines is 1. The molecule has 88 valence electrons. The zero-order valence-corrected chi connectivity index (χ0v) is 9.39. The molecule has 0 spiro atoms. The van der Waals surface area contributed by atoms with Crippen LogP contribution < -0.4 is 11.3 Å². The molecule has 5 nitrogen and oxygen atoms in total. The van der Waals surface area contributed by atoms with Crippen LogP contribution in [0, 0.1) is 0 Å².